The second kappa shape index (κ2) is 10.1. The van der Waals surface area contributed by atoms with Gasteiger partial charge in [0.2, 0.25) is 5.88 Å². The fraction of sp³-hybridized carbons (Fsp3) is 0.185. The van der Waals surface area contributed by atoms with Crippen LogP contribution in [0.1, 0.15) is 11.1 Å². The molecule has 0 bridgehead atoms. The van der Waals surface area contributed by atoms with E-state index in [1.807, 2.05) is 30.3 Å². The molecule has 0 unspecified atom stereocenters. The summed E-state index contributed by atoms with van der Waals surface area (Å²) in [7, 11) is 4.68. The number of hydrogen-bond acceptors (Lipinski definition) is 6. The molecule has 0 fully saturated rings. The van der Waals surface area contributed by atoms with E-state index in [1.54, 1.807) is 49.7 Å². The van der Waals surface area contributed by atoms with Gasteiger partial charge in [-0.1, -0.05) is 30.3 Å². The van der Waals surface area contributed by atoms with Crippen LogP contribution in [0.25, 0.3) is 16.5 Å². The summed E-state index contributed by atoms with van der Waals surface area (Å²) < 4.78 is 17.2. The first-order valence-corrected chi connectivity index (χ1v) is 10.8. The SMILES string of the molecule is COc1ccc(CCN=Cc2c(O)n(-c3cc(OC)ccc3OC)c(=O)c3ccccc23)cc1. The summed E-state index contributed by atoms with van der Waals surface area (Å²) in [4.78, 5) is 17.9. The van der Waals surface area contributed by atoms with Gasteiger partial charge in [0.05, 0.1) is 32.6 Å². The number of ether oxygens (including phenoxy) is 3. The molecular weight excluding hydrogens is 432 g/mol. The Morgan fingerprint density at radius 1 is 0.882 bits per heavy atom. The highest BCUT2D eigenvalue weighted by Gasteiger charge is 2.19. The topological polar surface area (TPSA) is 82.3 Å². The highest BCUT2D eigenvalue weighted by atomic mass is 16.5. The summed E-state index contributed by atoms with van der Waals surface area (Å²) in [5, 5.41) is 12.3. The lowest BCUT2D eigenvalue weighted by Crippen LogP contribution is -2.20. The summed E-state index contributed by atoms with van der Waals surface area (Å²) in [5.74, 6) is 1.54. The highest BCUT2D eigenvalue weighted by molar-refractivity contribution is 6.01. The van der Waals surface area contributed by atoms with Crippen molar-refractivity contribution >= 4 is 17.0 Å². The van der Waals surface area contributed by atoms with Gasteiger partial charge in [0.25, 0.3) is 5.56 Å². The van der Waals surface area contributed by atoms with E-state index in [0.29, 0.717) is 40.1 Å². The van der Waals surface area contributed by atoms with Crippen LogP contribution in [-0.2, 0) is 6.42 Å². The third-order valence-corrected chi connectivity index (χ3v) is 5.64. The predicted octanol–water partition coefficient (Wildman–Crippen LogP) is 4.38. The molecule has 0 spiro atoms. The van der Waals surface area contributed by atoms with Crippen molar-refractivity contribution in [3.63, 3.8) is 0 Å². The molecule has 1 aromatic heterocycles. The number of aromatic nitrogens is 1. The fourth-order valence-electron chi connectivity index (χ4n) is 3.83. The predicted molar refractivity (Wildman–Crippen MR) is 133 cm³/mol. The molecule has 0 aliphatic rings. The molecule has 174 valence electrons. The Kier molecular flexibility index (Phi) is 6.82. The minimum Gasteiger partial charge on any atom is -0.497 e. The lowest BCUT2D eigenvalue weighted by Gasteiger charge is -2.17. The summed E-state index contributed by atoms with van der Waals surface area (Å²) in [6.45, 7) is 0.516. The van der Waals surface area contributed by atoms with E-state index in [-0.39, 0.29) is 11.4 Å². The number of pyridine rings is 1. The van der Waals surface area contributed by atoms with Crippen LogP contribution in [-0.4, -0.2) is 43.8 Å². The Hall–Kier alpha value is -4.26. The minimum atomic E-state index is -0.366. The van der Waals surface area contributed by atoms with Crippen molar-refractivity contribution in [1.29, 1.82) is 0 Å². The normalized spacial score (nSPS) is 11.1. The molecule has 0 radical (unpaired) electrons. The Balaban J connectivity index is 1.77. The number of fused-ring (bicyclic) bond motifs is 1. The van der Waals surface area contributed by atoms with Crippen LogP contribution in [0.4, 0.5) is 0 Å². The maximum absolute atomic E-state index is 13.4. The van der Waals surface area contributed by atoms with Crippen LogP contribution in [0.3, 0.4) is 0 Å². The minimum absolute atomic E-state index is 0.219. The van der Waals surface area contributed by atoms with E-state index in [9.17, 15) is 9.90 Å². The van der Waals surface area contributed by atoms with Gasteiger partial charge in [0.1, 0.15) is 17.2 Å². The van der Waals surface area contributed by atoms with Crippen LogP contribution in [0, 0.1) is 0 Å². The molecule has 3 aromatic carbocycles. The zero-order valence-corrected chi connectivity index (χ0v) is 19.3. The first kappa shape index (κ1) is 22.9. The molecule has 7 nitrogen and oxygen atoms in total. The number of aromatic hydroxyl groups is 1. The standard InChI is InChI=1S/C27H26N2O5/c1-32-19-10-8-18(9-11-19)14-15-28-17-23-21-6-4-5-7-22(21)26(30)29(27(23)31)24-16-20(33-2)12-13-25(24)34-3/h4-13,16-17,31H,14-15H2,1-3H3. The Labute approximate surface area is 197 Å². The average molecular weight is 459 g/mol. The van der Waals surface area contributed by atoms with E-state index in [1.165, 1.54) is 18.8 Å². The number of methoxy groups -OCH3 is 3. The van der Waals surface area contributed by atoms with Gasteiger partial charge in [-0.2, -0.15) is 0 Å². The van der Waals surface area contributed by atoms with E-state index in [0.717, 1.165) is 17.7 Å². The van der Waals surface area contributed by atoms with Crippen molar-refractivity contribution in [2.75, 3.05) is 27.9 Å². The quantitative estimate of drug-likeness (QED) is 0.396. The van der Waals surface area contributed by atoms with Gasteiger partial charge >= 0.3 is 0 Å². The molecule has 0 atom stereocenters. The average Bonchev–Trinajstić information content (AvgIpc) is 2.88. The van der Waals surface area contributed by atoms with E-state index in [4.69, 9.17) is 14.2 Å². The molecule has 0 saturated carbocycles. The van der Waals surface area contributed by atoms with Gasteiger partial charge < -0.3 is 19.3 Å². The van der Waals surface area contributed by atoms with Crippen molar-refractivity contribution in [1.82, 2.24) is 4.57 Å². The monoisotopic (exact) mass is 458 g/mol. The number of benzene rings is 3. The maximum Gasteiger partial charge on any atom is 0.265 e. The van der Waals surface area contributed by atoms with Gasteiger partial charge in [0, 0.05) is 29.6 Å². The summed E-state index contributed by atoms with van der Waals surface area (Å²) in [6.07, 6.45) is 2.34. The van der Waals surface area contributed by atoms with Gasteiger partial charge in [0.15, 0.2) is 0 Å². The van der Waals surface area contributed by atoms with E-state index >= 15 is 0 Å². The summed E-state index contributed by atoms with van der Waals surface area (Å²) in [5.41, 5.74) is 1.59. The summed E-state index contributed by atoms with van der Waals surface area (Å²) >= 11 is 0. The molecule has 0 aliphatic carbocycles. The van der Waals surface area contributed by atoms with Crippen molar-refractivity contribution in [3.05, 3.63) is 88.2 Å². The number of nitrogens with zero attached hydrogens (tertiary/aromatic N) is 2. The molecule has 7 heteroatoms. The van der Waals surface area contributed by atoms with Crippen molar-refractivity contribution in [2.24, 2.45) is 4.99 Å². The van der Waals surface area contributed by atoms with E-state index < -0.39 is 0 Å². The second-order valence-corrected chi connectivity index (χ2v) is 7.59. The van der Waals surface area contributed by atoms with Crippen LogP contribution in [0.15, 0.2) is 76.5 Å². The van der Waals surface area contributed by atoms with Crippen molar-refractivity contribution < 1.29 is 19.3 Å². The van der Waals surface area contributed by atoms with E-state index in [2.05, 4.69) is 4.99 Å². The molecule has 1 heterocycles. The first-order chi connectivity index (χ1) is 16.6. The molecule has 0 aliphatic heterocycles. The molecular formula is C27H26N2O5. The first-order valence-electron chi connectivity index (χ1n) is 10.8. The van der Waals surface area contributed by atoms with Gasteiger partial charge in [-0.25, -0.2) is 4.57 Å². The zero-order valence-electron chi connectivity index (χ0n) is 19.3. The zero-order chi connectivity index (χ0) is 24.1. The molecule has 4 rings (SSSR count). The van der Waals surface area contributed by atoms with Crippen LogP contribution in [0.2, 0.25) is 0 Å². The molecule has 1 N–H and O–H groups in total. The summed E-state index contributed by atoms with van der Waals surface area (Å²) in [6, 6.07) is 20.0. The lowest BCUT2D eigenvalue weighted by atomic mass is 10.1. The highest BCUT2D eigenvalue weighted by Crippen LogP contribution is 2.32. The van der Waals surface area contributed by atoms with Crippen LogP contribution >= 0.6 is 0 Å². The van der Waals surface area contributed by atoms with Crippen LogP contribution < -0.4 is 19.8 Å². The Morgan fingerprint density at radius 3 is 2.24 bits per heavy atom. The van der Waals surface area contributed by atoms with Crippen molar-refractivity contribution in [3.8, 4) is 28.8 Å². The molecule has 0 saturated heterocycles. The third-order valence-electron chi connectivity index (χ3n) is 5.64. The second-order valence-electron chi connectivity index (χ2n) is 7.59. The van der Waals surface area contributed by atoms with Gasteiger partial charge in [-0.15, -0.1) is 0 Å². The molecule has 4 aromatic rings. The third kappa shape index (κ3) is 4.45. The van der Waals surface area contributed by atoms with Gasteiger partial charge in [-0.05, 0) is 42.3 Å². The number of rotatable bonds is 8. The fourth-order valence-corrected chi connectivity index (χ4v) is 3.83. The maximum atomic E-state index is 13.4. The Bertz CT molecular complexity index is 1390. The number of hydrogen-bond donors (Lipinski definition) is 1. The Morgan fingerprint density at radius 2 is 1.56 bits per heavy atom. The lowest BCUT2D eigenvalue weighted by molar-refractivity contribution is 0.395. The van der Waals surface area contributed by atoms with Crippen LogP contribution in [0.5, 0.6) is 23.1 Å². The number of aliphatic imine (C=N–C) groups is 1. The molecule has 34 heavy (non-hydrogen) atoms. The van der Waals surface area contributed by atoms with Crippen molar-refractivity contribution in [2.45, 2.75) is 6.42 Å². The largest absolute Gasteiger partial charge is 0.497 e. The van der Waals surface area contributed by atoms with Gasteiger partial charge in [-0.3, -0.25) is 9.79 Å². The smallest absolute Gasteiger partial charge is 0.265 e. The molecule has 0 amide bonds.